The number of pyridine rings is 1. The molecule has 0 aliphatic carbocycles. The van der Waals surface area contributed by atoms with E-state index in [0.717, 1.165) is 37.6 Å². The molecule has 0 bridgehead atoms. The summed E-state index contributed by atoms with van der Waals surface area (Å²) in [7, 11) is 1.69. The molecular weight excluding hydrogens is 244 g/mol. The summed E-state index contributed by atoms with van der Waals surface area (Å²) in [6.07, 6.45) is 2.68. The Kier molecular flexibility index (Phi) is 8.97. The summed E-state index contributed by atoms with van der Waals surface area (Å²) in [6.45, 7) is 6.36. The van der Waals surface area contributed by atoms with Crippen LogP contribution in [0.15, 0.2) is 18.3 Å². The van der Waals surface area contributed by atoms with Gasteiger partial charge in [0.05, 0.1) is 12.3 Å². The van der Waals surface area contributed by atoms with Crippen molar-refractivity contribution in [2.24, 2.45) is 0 Å². The van der Waals surface area contributed by atoms with Crippen molar-refractivity contribution in [1.82, 2.24) is 10.3 Å². The van der Waals surface area contributed by atoms with Crippen molar-refractivity contribution in [3.63, 3.8) is 0 Å². The summed E-state index contributed by atoms with van der Waals surface area (Å²) >= 11 is 0. The van der Waals surface area contributed by atoms with E-state index in [9.17, 15) is 0 Å². The number of nitrogens with zero attached hydrogens (tertiary/aromatic N) is 1. The van der Waals surface area contributed by atoms with Crippen LogP contribution in [0.3, 0.4) is 0 Å². The van der Waals surface area contributed by atoms with Gasteiger partial charge in [-0.2, -0.15) is 0 Å². The van der Waals surface area contributed by atoms with Gasteiger partial charge in [-0.05, 0) is 19.0 Å². The summed E-state index contributed by atoms with van der Waals surface area (Å²) in [5.41, 5.74) is 0.986. The van der Waals surface area contributed by atoms with Gasteiger partial charge in [0, 0.05) is 39.1 Å². The smallest absolute Gasteiger partial charge is 0.122 e. The number of hydrogen-bond donors (Lipinski definition) is 1. The Bertz CT molecular complexity index is 334. The average Bonchev–Trinajstić information content (AvgIpc) is 2.44. The average molecular weight is 268 g/mol. The molecule has 0 unspecified atom stereocenters. The van der Waals surface area contributed by atoms with E-state index < -0.39 is 0 Å². The molecule has 5 nitrogen and oxygen atoms in total. The van der Waals surface area contributed by atoms with Gasteiger partial charge in [-0.25, -0.2) is 0 Å². The Morgan fingerprint density at radius 1 is 1.21 bits per heavy atom. The van der Waals surface area contributed by atoms with Gasteiger partial charge >= 0.3 is 0 Å². The molecule has 0 amide bonds. The Morgan fingerprint density at radius 2 is 2.11 bits per heavy atom. The Labute approximate surface area is 115 Å². The van der Waals surface area contributed by atoms with Gasteiger partial charge in [-0.3, -0.25) is 4.98 Å². The zero-order chi connectivity index (χ0) is 13.8. The Hall–Kier alpha value is -1.17. The summed E-state index contributed by atoms with van der Waals surface area (Å²) < 4.78 is 16.0. The fourth-order valence-corrected chi connectivity index (χ4v) is 1.52. The molecule has 1 aromatic rings. The maximum atomic E-state index is 5.61. The number of aromatic nitrogens is 1. The topological polar surface area (TPSA) is 52.6 Å². The molecule has 1 rings (SSSR count). The van der Waals surface area contributed by atoms with Crippen molar-refractivity contribution in [1.29, 1.82) is 0 Å². The summed E-state index contributed by atoms with van der Waals surface area (Å²) in [4.78, 5) is 4.27. The second-order valence-electron chi connectivity index (χ2n) is 4.07. The first kappa shape index (κ1) is 15.9. The first-order valence-corrected chi connectivity index (χ1v) is 6.72. The van der Waals surface area contributed by atoms with Gasteiger partial charge in [-0.15, -0.1) is 0 Å². The van der Waals surface area contributed by atoms with Gasteiger partial charge in [-0.1, -0.05) is 6.92 Å². The predicted molar refractivity (Wildman–Crippen MR) is 74.4 cm³/mol. The zero-order valence-electron chi connectivity index (χ0n) is 11.9. The molecule has 1 heterocycles. The normalized spacial score (nSPS) is 10.6. The molecule has 0 saturated heterocycles. The lowest BCUT2D eigenvalue weighted by Gasteiger charge is -2.08. The third-order valence-corrected chi connectivity index (χ3v) is 2.48. The SMILES string of the molecule is CCNCc1cc(OCCOCCCOC)ccn1. The number of methoxy groups -OCH3 is 1. The molecule has 0 aromatic carbocycles. The largest absolute Gasteiger partial charge is 0.491 e. The van der Waals surface area contributed by atoms with E-state index in [1.54, 1.807) is 13.3 Å². The third kappa shape index (κ3) is 7.77. The molecule has 5 heteroatoms. The van der Waals surface area contributed by atoms with E-state index in [4.69, 9.17) is 14.2 Å². The second kappa shape index (κ2) is 10.7. The first-order valence-electron chi connectivity index (χ1n) is 6.72. The second-order valence-corrected chi connectivity index (χ2v) is 4.07. The molecule has 108 valence electrons. The highest BCUT2D eigenvalue weighted by atomic mass is 16.5. The van der Waals surface area contributed by atoms with E-state index in [2.05, 4.69) is 17.2 Å². The van der Waals surface area contributed by atoms with Crippen molar-refractivity contribution in [2.45, 2.75) is 19.9 Å². The van der Waals surface area contributed by atoms with Crippen LogP contribution in [0.25, 0.3) is 0 Å². The van der Waals surface area contributed by atoms with Crippen LogP contribution in [0.2, 0.25) is 0 Å². The highest BCUT2D eigenvalue weighted by Crippen LogP contribution is 2.10. The molecule has 0 fully saturated rings. The molecule has 0 aliphatic heterocycles. The number of nitrogens with one attached hydrogen (secondary N) is 1. The maximum absolute atomic E-state index is 5.61. The van der Waals surface area contributed by atoms with Crippen LogP contribution in [0.4, 0.5) is 0 Å². The fraction of sp³-hybridized carbons (Fsp3) is 0.643. The summed E-state index contributed by atoms with van der Waals surface area (Å²) in [5, 5.41) is 3.23. The number of ether oxygens (including phenoxy) is 3. The number of hydrogen-bond acceptors (Lipinski definition) is 5. The van der Waals surface area contributed by atoms with Gasteiger partial charge in [0.25, 0.3) is 0 Å². The van der Waals surface area contributed by atoms with Crippen LogP contribution < -0.4 is 10.1 Å². The monoisotopic (exact) mass is 268 g/mol. The molecule has 0 saturated carbocycles. The highest BCUT2D eigenvalue weighted by molar-refractivity contribution is 5.22. The minimum absolute atomic E-state index is 0.553. The quantitative estimate of drug-likeness (QED) is 0.618. The van der Waals surface area contributed by atoms with Crippen LogP contribution in [0.5, 0.6) is 5.75 Å². The fourth-order valence-electron chi connectivity index (χ4n) is 1.52. The Morgan fingerprint density at radius 3 is 2.89 bits per heavy atom. The van der Waals surface area contributed by atoms with Crippen LogP contribution in [0, 0.1) is 0 Å². The Balaban J connectivity index is 2.14. The zero-order valence-corrected chi connectivity index (χ0v) is 11.9. The maximum Gasteiger partial charge on any atom is 0.122 e. The lowest BCUT2D eigenvalue weighted by molar-refractivity contribution is 0.0806. The van der Waals surface area contributed by atoms with E-state index in [-0.39, 0.29) is 0 Å². The van der Waals surface area contributed by atoms with Crippen LogP contribution in [-0.2, 0) is 16.0 Å². The lowest BCUT2D eigenvalue weighted by atomic mass is 10.3. The summed E-state index contributed by atoms with van der Waals surface area (Å²) in [5.74, 6) is 0.836. The van der Waals surface area contributed by atoms with Crippen molar-refractivity contribution in [2.75, 3.05) is 40.1 Å². The molecule has 0 aliphatic rings. The van der Waals surface area contributed by atoms with Gasteiger partial charge in [0.15, 0.2) is 0 Å². The van der Waals surface area contributed by atoms with Gasteiger partial charge in [0.2, 0.25) is 0 Å². The summed E-state index contributed by atoms with van der Waals surface area (Å²) in [6, 6.07) is 3.81. The first-order chi connectivity index (χ1) is 9.36. The van der Waals surface area contributed by atoms with Crippen molar-refractivity contribution in [3.05, 3.63) is 24.0 Å². The third-order valence-electron chi connectivity index (χ3n) is 2.48. The molecule has 0 radical (unpaired) electrons. The molecule has 0 atom stereocenters. The van der Waals surface area contributed by atoms with Crippen LogP contribution in [-0.4, -0.2) is 45.1 Å². The van der Waals surface area contributed by atoms with E-state index in [1.165, 1.54) is 0 Å². The van der Waals surface area contributed by atoms with Crippen molar-refractivity contribution >= 4 is 0 Å². The molecule has 19 heavy (non-hydrogen) atoms. The van der Waals surface area contributed by atoms with E-state index >= 15 is 0 Å². The minimum atomic E-state index is 0.553. The van der Waals surface area contributed by atoms with E-state index in [1.807, 2.05) is 12.1 Å². The van der Waals surface area contributed by atoms with Crippen molar-refractivity contribution < 1.29 is 14.2 Å². The van der Waals surface area contributed by atoms with Crippen LogP contribution in [0.1, 0.15) is 19.0 Å². The highest BCUT2D eigenvalue weighted by Gasteiger charge is 1.98. The molecule has 1 aromatic heterocycles. The van der Waals surface area contributed by atoms with E-state index in [0.29, 0.717) is 19.8 Å². The minimum Gasteiger partial charge on any atom is -0.491 e. The standard InChI is InChI=1S/C14H24N2O3/c1-3-15-12-13-11-14(5-6-16-13)19-10-9-18-8-4-7-17-2/h5-6,11,15H,3-4,7-10,12H2,1-2H3. The van der Waals surface area contributed by atoms with Crippen LogP contribution >= 0.6 is 0 Å². The predicted octanol–water partition coefficient (Wildman–Crippen LogP) is 1.62. The molecular formula is C14H24N2O3. The van der Waals surface area contributed by atoms with Gasteiger partial charge < -0.3 is 19.5 Å². The number of rotatable bonds is 11. The molecule has 1 N–H and O–H groups in total. The van der Waals surface area contributed by atoms with Crippen molar-refractivity contribution in [3.8, 4) is 5.75 Å². The lowest BCUT2D eigenvalue weighted by Crippen LogP contribution is -2.13. The van der Waals surface area contributed by atoms with Gasteiger partial charge in [0.1, 0.15) is 12.4 Å². The molecule has 0 spiro atoms.